The van der Waals surface area contributed by atoms with Crippen molar-refractivity contribution in [2.75, 3.05) is 6.61 Å². The number of carbonyl (C=O) groups is 2. The lowest BCUT2D eigenvalue weighted by Crippen LogP contribution is -2.10. The van der Waals surface area contributed by atoms with Crippen LogP contribution in [-0.2, 0) is 9.53 Å². The molecule has 1 aromatic rings. The van der Waals surface area contributed by atoms with Crippen LogP contribution in [0.5, 0.6) is 0 Å². The first-order valence-corrected chi connectivity index (χ1v) is 6.40. The van der Waals surface area contributed by atoms with E-state index in [9.17, 15) is 19.7 Å². The minimum Gasteiger partial charge on any atom is -0.462 e. The highest BCUT2D eigenvalue weighted by atomic mass is 79.9. The Morgan fingerprint density at radius 3 is 2.58 bits per heavy atom. The van der Waals surface area contributed by atoms with Crippen LogP contribution >= 0.6 is 15.9 Å². The van der Waals surface area contributed by atoms with E-state index in [1.54, 1.807) is 6.92 Å². The van der Waals surface area contributed by atoms with Crippen LogP contribution in [0.2, 0.25) is 0 Å². The molecule has 6 nitrogen and oxygen atoms in total. The molecule has 1 unspecified atom stereocenters. The number of ether oxygens (including phenoxy) is 1. The third-order valence-electron chi connectivity index (χ3n) is 2.36. The molecule has 102 valence electrons. The maximum absolute atomic E-state index is 11.7. The second-order valence-electron chi connectivity index (χ2n) is 3.73. The molecule has 0 saturated carbocycles. The lowest BCUT2D eigenvalue weighted by molar-refractivity contribution is -0.385. The fourth-order valence-electron chi connectivity index (χ4n) is 1.48. The molecule has 0 heterocycles. The van der Waals surface area contributed by atoms with Crippen LogP contribution in [-0.4, -0.2) is 23.3 Å². The zero-order chi connectivity index (χ0) is 14.6. The molecule has 0 aliphatic rings. The Morgan fingerprint density at radius 2 is 2.11 bits per heavy atom. The van der Waals surface area contributed by atoms with Crippen LogP contribution in [0.25, 0.3) is 0 Å². The number of alkyl halides is 1. The molecule has 0 bridgehead atoms. The monoisotopic (exact) mass is 329 g/mol. The van der Waals surface area contributed by atoms with Gasteiger partial charge in [-0.2, -0.15) is 0 Å². The topological polar surface area (TPSA) is 86.5 Å². The zero-order valence-electron chi connectivity index (χ0n) is 10.4. The second-order valence-corrected chi connectivity index (χ2v) is 4.64. The molecule has 0 amide bonds. The Hall–Kier alpha value is -1.76. The highest BCUT2D eigenvalue weighted by Crippen LogP contribution is 2.29. The standard InChI is InChI=1S/C12H12BrNO5/c1-3-19-12(16)9-6-8(11(13)7(2)15)4-5-10(9)14(17)18/h4-6,11H,3H2,1-2H3. The predicted octanol–water partition coefficient (Wildman–Crippen LogP) is 2.80. The zero-order valence-corrected chi connectivity index (χ0v) is 12.0. The molecule has 0 spiro atoms. The van der Waals surface area contributed by atoms with Gasteiger partial charge in [-0.25, -0.2) is 4.79 Å². The normalized spacial score (nSPS) is 11.7. The quantitative estimate of drug-likeness (QED) is 0.359. The summed E-state index contributed by atoms with van der Waals surface area (Å²) in [7, 11) is 0. The fourth-order valence-corrected chi connectivity index (χ4v) is 1.76. The number of esters is 1. The Kier molecular flexibility index (Phi) is 5.17. The summed E-state index contributed by atoms with van der Waals surface area (Å²) in [5.41, 5.74) is -0.0262. The Balaban J connectivity index is 3.29. The van der Waals surface area contributed by atoms with Crippen molar-refractivity contribution in [3.05, 3.63) is 39.4 Å². The van der Waals surface area contributed by atoms with Gasteiger partial charge in [-0.05, 0) is 25.5 Å². The Labute approximate surface area is 118 Å². The van der Waals surface area contributed by atoms with Crippen molar-refractivity contribution in [1.29, 1.82) is 0 Å². The van der Waals surface area contributed by atoms with Gasteiger partial charge in [0.25, 0.3) is 5.69 Å². The van der Waals surface area contributed by atoms with E-state index < -0.39 is 15.7 Å². The largest absolute Gasteiger partial charge is 0.462 e. The summed E-state index contributed by atoms with van der Waals surface area (Å²) in [6.45, 7) is 3.10. The summed E-state index contributed by atoms with van der Waals surface area (Å²) >= 11 is 3.16. The maximum Gasteiger partial charge on any atom is 0.345 e. The van der Waals surface area contributed by atoms with Crippen molar-refractivity contribution in [1.82, 2.24) is 0 Å². The van der Waals surface area contributed by atoms with Crippen molar-refractivity contribution in [2.45, 2.75) is 18.7 Å². The molecule has 0 saturated heterocycles. The number of hydrogen-bond acceptors (Lipinski definition) is 5. The van der Waals surface area contributed by atoms with Gasteiger partial charge >= 0.3 is 5.97 Å². The smallest absolute Gasteiger partial charge is 0.345 e. The molecule has 0 radical (unpaired) electrons. The van der Waals surface area contributed by atoms with Gasteiger partial charge in [0.15, 0.2) is 0 Å². The van der Waals surface area contributed by atoms with Crippen LogP contribution in [0, 0.1) is 10.1 Å². The first-order valence-electron chi connectivity index (χ1n) is 5.48. The summed E-state index contributed by atoms with van der Waals surface area (Å²) < 4.78 is 4.77. The number of carbonyl (C=O) groups excluding carboxylic acids is 2. The van der Waals surface area contributed by atoms with E-state index in [-0.39, 0.29) is 23.6 Å². The molecule has 0 aliphatic carbocycles. The summed E-state index contributed by atoms with van der Waals surface area (Å²) in [6, 6.07) is 3.93. The summed E-state index contributed by atoms with van der Waals surface area (Å²) in [5.74, 6) is -0.942. The number of hydrogen-bond donors (Lipinski definition) is 0. The minimum absolute atomic E-state index is 0.116. The second kappa shape index (κ2) is 6.42. The number of benzene rings is 1. The number of nitro groups is 1. The number of nitrogens with zero attached hydrogens (tertiary/aromatic N) is 1. The molecule has 19 heavy (non-hydrogen) atoms. The molecule has 7 heteroatoms. The average Bonchev–Trinajstić information content (AvgIpc) is 2.37. The van der Waals surface area contributed by atoms with Crippen LogP contribution in [0.3, 0.4) is 0 Å². The van der Waals surface area contributed by atoms with Crippen LogP contribution in [0.1, 0.15) is 34.6 Å². The number of halogens is 1. The Bertz CT molecular complexity index is 529. The van der Waals surface area contributed by atoms with Crippen LogP contribution in [0.15, 0.2) is 18.2 Å². The van der Waals surface area contributed by atoms with Crippen molar-refractivity contribution in [2.24, 2.45) is 0 Å². The van der Waals surface area contributed by atoms with E-state index >= 15 is 0 Å². The average molecular weight is 330 g/mol. The molecule has 1 aromatic carbocycles. The SMILES string of the molecule is CCOC(=O)c1cc(C(Br)C(C)=O)ccc1[N+](=O)[O-]. The number of nitro benzene ring substituents is 1. The van der Waals surface area contributed by atoms with Gasteiger partial charge in [-0.15, -0.1) is 0 Å². The first kappa shape index (κ1) is 15.3. The van der Waals surface area contributed by atoms with Gasteiger partial charge in [0, 0.05) is 6.07 Å². The van der Waals surface area contributed by atoms with E-state index in [1.807, 2.05) is 0 Å². The van der Waals surface area contributed by atoms with E-state index in [0.29, 0.717) is 5.56 Å². The van der Waals surface area contributed by atoms with Gasteiger partial charge in [0.1, 0.15) is 11.3 Å². The van der Waals surface area contributed by atoms with Gasteiger partial charge in [0.2, 0.25) is 0 Å². The summed E-state index contributed by atoms with van der Waals surface area (Å²) in [5, 5.41) is 10.9. The van der Waals surface area contributed by atoms with Gasteiger partial charge in [-0.1, -0.05) is 22.0 Å². The highest BCUT2D eigenvalue weighted by molar-refractivity contribution is 9.09. The number of ketones is 1. The molecule has 0 aliphatic heterocycles. The minimum atomic E-state index is -0.778. The summed E-state index contributed by atoms with van der Waals surface area (Å²) in [4.78, 5) is 32.6. The predicted molar refractivity (Wildman–Crippen MR) is 71.4 cm³/mol. The highest BCUT2D eigenvalue weighted by Gasteiger charge is 2.24. The van der Waals surface area contributed by atoms with E-state index in [1.165, 1.54) is 25.1 Å². The van der Waals surface area contributed by atoms with E-state index in [2.05, 4.69) is 15.9 Å². The molecule has 0 aromatic heterocycles. The molecule has 0 N–H and O–H groups in total. The number of Topliss-reactive ketones (excluding diaryl/α,β-unsaturated/α-hetero) is 1. The number of rotatable bonds is 5. The summed E-state index contributed by atoms with van der Waals surface area (Å²) in [6.07, 6.45) is 0. The van der Waals surface area contributed by atoms with Crippen molar-refractivity contribution >= 4 is 33.4 Å². The Morgan fingerprint density at radius 1 is 1.47 bits per heavy atom. The third kappa shape index (κ3) is 3.60. The molecular weight excluding hydrogens is 318 g/mol. The van der Waals surface area contributed by atoms with Crippen molar-refractivity contribution in [3.8, 4) is 0 Å². The van der Waals surface area contributed by atoms with Crippen LogP contribution < -0.4 is 0 Å². The maximum atomic E-state index is 11.7. The van der Waals surface area contributed by atoms with E-state index in [0.717, 1.165) is 0 Å². The molecule has 1 atom stereocenters. The van der Waals surface area contributed by atoms with Crippen molar-refractivity contribution in [3.63, 3.8) is 0 Å². The van der Waals surface area contributed by atoms with Crippen LogP contribution in [0.4, 0.5) is 5.69 Å². The molecule has 0 fully saturated rings. The van der Waals surface area contributed by atoms with Gasteiger partial charge < -0.3 is 4.74 Å². The lowest BCUT2D eigenvalue weighted by Gasteiger charge is -2.09. The molecular formula is C12H12BrNO5. The first-order chi connectivity index (χ1) is 8.88. The van der Waals surface area contributed by atoms with Crippen molar-refractivity contribution < 1.29 is 19.2 Å². The van der Waals surface area contributed by atoms with E-state index in [4.69, 9.17) is 4.74 Å². The molecule has 1 rings (SSSR count). The van der Waals surface area contributed by atoms with Gasteiger partial charge in [0.05, 0.1) is 16.4 Å². The van der Waals surface area contributed by atoms with Gasteiger partial charge in [-0.3, -0.25) is 14.9 Å². The lowest BCUT2D eigenvalue weighted by atomic mass is 10.0. The fraction of sp³-hybridized carbons (Fsp3) is 0.333. The third-order valence-corrected chi connectivity index (χ3v) is 3.54.